The van der Waals surface area contributed by atoms with Gasteiger partial charge in [-0.25, -0.2) is 0 Å². The molecule has 3 rings (SSSR count). The van der Waals surface area contributed by atoms with E-state index in [4.69, 9.17) is 14.2 Å². The molecule has 2 fully saturated rings. The Morgan fingerprint density at radius 2 is 2.05 bits per heavy atom. The van der Waals surface area contributed by atoms with Crippen LogP contribution in [0.25, 0.3) is 0 Å². The van der Waals surface area contributed by atoms with Gasteiger partial charge in [0.2, 0.25) is 0 Å². The van der Waals surface area contributed by atoms with E-state index in [-0.39, 0.29) is 18.3 Å². The maximum absolute atomic E-state index is 9.27. The normalized spacial score (nSPS) is 29.0. The molecule has 2 aliphatic heterocycles. The van der Waals surface area contributed by atoms with Gasteiger partial charge in [0.25, 0.3) is 0 Å². The number of aryl methyl sites for hydroxylation is 2. The van der Waals surface area contributed by atoms with E-state index in [1.165, 1.54) is 0 Å². The van der Waals surface area contributed by atoms with Gasteiger partial charge in [-0.15, -0.1) is 0 Å². The molecule has 0 aliphatic carbocycles. The summed E-state index contributed by atoms with van der Waals surface area (Å²) in [5.74, 6) is 0.952. The first-order chi connectivity index (χ1) is 10.1. The molecule has 0 radical (unpaired) electrons. The fourth-order valence-electron chi connectivity index (χ4n) is 3.43. The Labute approximate surface area is 126 Å². The highest BCUT2D eigenvalue weighted by atomic mass is 16.6. The zero-order valence-corrected chi connectivity index (χ0v) is 12.9. The van der Waals surface area contributed by atoms with E-state index in [1.54, 1.807) is 0 Å². The van der Waals surface area contributed by atoms with Gasteiger partial charge < -0.3 is 19.3 Å². The van der Waals surface area contributed by atoms with Crippen LogP contribution in [-0.2, 0) is 16.1 Å². The number of ether oxygens (including phenoxy) is 3. The second kappa shape index (κ2) is 5.95. The molecule has 0 bridgehead atoms. The number of aliphatic hydroxyl groups excluding tert-OH is 1. The Bertz CT molecular complexity index is 483. The zero-order chi connectivity index (χ0) is 14.9. The van der Waals surface area contributed by atoms with Gasteiger partial charge in [0.1, 0.15) is 11.9 Å². The molecule has 0 aromatic heterocycles. The van der Waals surface area contributed by atoms with Crippen LogP contribution in [0.3, 0.4) is 0 Å². The second-order valence-corrected chi connectivity index (χ2v) is 6.28. The topological polar surface area (TPSA) is 47.9 Å². The third kappa shape index (κ3) is 3.07. The van der Waals surface area contributed by atoms with Crippen molar-refractivity contribution < 1.29 is 19.3 Å². The van der Waals surface area contributed by atoms with Gasteiger partial charge in [-0.2, -0.15) is 0 Å². The minimum atomic E-state index is -0.129. The van der Waals surface area contributed by atoms with E-state index in [0.717, 1.165) is 54.9 Å². The zero-order valence-electron chi connectivity index (χ0n) is 12.9. The lowest BCUT2D eigenvalue weighted by atomic mass is 9.91. The summed E-state index contributed by atoms with van der Waals surface area (Å²) >= 11 is 0. The van der Waals surface area contributed by atoms with Gasteiger partial charge in [-0.05, 0) is 30.5 Å². The molecule has 1 aromatic carbocycles. The molecule has 2 aliphatic rings. The van der Waals surface area contributed by atoms with E-state index in [9.17, 15) is 5.11 Å². The summed E-state index contributed by atoms with van der Waals surface area (Å²) in [5.41, 5.74) is 2.98. The van der Waals surface area contributed by atoms with Crippen molar-refractivity contribution in [1.82, 2.24) is 0 Å². The number of benzene rings is 1. The Hall–Kier alpha value is -1.10. The maximum Gasteiger partial charge on any atom is 0.125 e. The molecule has 2 unspecified atom stereocenters. The van der Waals surface area contributed by atoms with Crippen molar-refractivity contribution >= 4 is 0 Å². The quantitative estimate of drug-likeness (QED) is 0.930. The monoisotopic (exact) mass is 292 g/mol. The van der Waals surface area contributed by atoms with Crippen molar-refractivity contribution in [3.8, 4) is 5.75 Å². The van der Waals surface area contributed by atoms with Crippen LogP contribution in [0.4, 0.5) is 0 Å². The van der Waals surface area contributed by atoms with E-state index in [1.807, 2.05) is 26.0 Å². The molecule has 0 amide bonds. The van der Waals surface area contributed by atoms with Crippen molar-refractivity contribution in [3.63, 3.8) is 0 Å². The Balaban J connectivity index is 1.74. The minimum Gasteiger partial charge on any atom is -0.490 e. The van der Waals surface area contributed by atoms with Crippen LogP contribution in [0.15, 0.2) is 12.1 Å². The van der Waals surface area contributed by atoms with Crippen LogP contribution in [0.2, 0.25) is 0 Å². The van der Waals surface area contributed by atoms with Crippen LogP contribution in [0.5, 0.6) is 5.75 Å². The number of rotatable bonds is 3. The molecule has 21 heavy (non-hydrogen) atoms. The first-order valence-corrected chi connectivity index (χ1v) is 7.71. The molecular weight excluding hydrogens is 268 g/mol. The second-order valence-electron chi connectivity index (χ2n) is 6.28. The van der Waals surface area contributed by atoms with Crippen LogP contribution in [-0.4, -0.2) is 36.6 Å². The van der Waals surface area contributed by atoms with Gasteiger partial charge >= 0.3 is 0 Å². The van der Waals surface area contributed by atoms with Gasteiger partial charge in [0, 0.05) is 25.9 Å². The van der Waals surface area contributed by atoms with Crippen LogP contribution < -0.4 is 4.74 Å². The van der Waals surface area contributed by atoms with Crippen molar-refractivity contribution in [3.05, 3.63) is 28.8 Å². The number of aliphatic hydroxyl groups is 1. The first-order valence-electron chi connectivity index (χ1n) is 7.71. The molecule has 116 valence electrons. The average molecular weight is 292 g/mol. The molecular formula is C17H24O4. The summed E-state index contributed by atoms with van der Waals surface area (Å²) in [6, 6.07) is 3.99. The van der Waals surface area contributed by atoms with Gasteiger partial charge in [0.05, 0.1) is 25.4 Å². The van der Waals surface area contributed by atoms with E-state index >= 15 is 0 Å². The fourth-order valence-corrected chi connectivity index (χ4v) is 3.43. The van der Waals surface area contributed by atoms with Crippen molar-refractivity contribution in [2.75, 3.05) is 19.8 Å². The molecule has 2 heterocycles. The van der Waals surface area contributed by atoms with Gasteiger partial charge in [0.15, 0.2) is 0 Å². The molecule has 1 aromatic rings. The molecule has 4 heteroatoms. The number of hydrogen-bond acceptors (Lipinski definition) is 4. The summed E-state index contributed by atoms with van der Waals surface area (Å²) in [5, 5.41) is 9.27. The summed E-state index contributed by atoms with van der Waals surface area (Å²) in [4.78, 5) is 0. The van der Waals surface area contributed by atoms with Crippen molar-refractivity contribution in [2.45, 2.75) is 51.4 Å². The molecule has 2 saturated heterocycles. The average Bonchev–Trinajstić information content (AvgIpc) is 2.90. The largest absolute Gasteiger partial charge is 0.490 e. The van der Waals surface area contributed by atoms with E-state index in [0.29, 0.717) is 6.61 Å². The standard InChI is InChI=1S/C17H24O4/c1-12-7-14(10-18)8-13(2)16(12)21-15-3-5-20-17(9-15)4-6-19-11-17/h7-8,15,18H,3-6,9-11H2,1-2H3. The third-order valence-corrected chi connectivity index (χ3v) is 4.50. The van der Waals surface area contributed by atoms with Crippen molar-refractivity contribution in [2.24, 2.45) is 0 Å². The highest BCUT2D eigenvalue weighted by Crippen LogP contribution is 2.36. The maximum atomic E-state index is 9.27. The fraction of sp³-hybridized carbons (Fsp3) is 0.647. The van der Waals surface area contributed by atoms with Crippen LogP contribution in [0.1, 0.15) is 36.0 Å². The lowest BCUT2D eigenvalue weighted by molar-refractivity contribution is -0.112. The Morgan fingerprint density at radius 1 is 1.29 bits per heavy atom. The molecule has 2 atom stereocenters. The smallest absolute Gasteiger partial charge is 0.125 e. The summed E-state index contributed by atoms with van der Waals surface area (Å²) in [6.45, 7) is 6.36. The highest BCUT2D eigenvalue weighted by molar-refractivity contribution is 5.43. The molecule has 0 saturated carbocycles. The van der Waals surface area contributed by atoms with E-state index < -0.39 is 0 Å². The van der Waals surface area contributed by atoms with Crippen LogP contribution in [0, 0.1) is 13.8 Å². The van der Waals surface area contributed by atoms with Crippen LogP contribution >= 0.6 is 0 Å². The molecule has 1 spiro atoms. The lowest BCUT2D eigenvalue weighted by Crippen LogP contribution is -2.44. The minimum absolute atomic E-state index is 0.0691. The van der Waals surface area contributed by atoms with Gasteiger partial charge in [-0.1, -0.05) is 12.1 Å². The summed E-state index contributed by atoms with van der Waals surface area (Å²) in [7, 11) is 0. The predicted molar refractivity (Wildman–Crippen MR) is 79.6 cm³/mol. The van der Waals surface area contributed by atoms with E-state index in [2.05, 4.69) is 0 Å². The SMILES string of the molecule is Cc1cc(CO)cc(C)c1OC1CCOC2(CCOC2)C1. The third-order valence-electron chi connectivity index (χ3n) is 4.50. The Morgan fingerprint density at radius 3 is 2.67 bits per heavy atom. The van der Waals surface area contributed by atoms with Gasteiger partial charge in [-0.3, -0.25) is 0 Å². The molecule has 1 N–H and O–H groups in total. The highest BCUT2D eigenvalue weighted by Gasteiger charge is 2.42. The molecule has 4 nitrogen and oxygen atoms in total. The predicted octanol–water partition coefficient (Wildman–Crippen LogP) is 2.51. The van der Waals surface area contributed by atoms with Crippen molar-refractivity contribution in [1.29, 1.82) is 0 Å². The Kier molecular flexibility index (Phi) is 4.20. The lowest BCUT2D eigenvalue weighted by Gasteiger charge is -2.37. The first kappa shape index (κ1) is 14.8. The summed E-state index contributed by atoms with van der Waals surface area (Å²) in [6.07, 6.45) is 2.96. The number of hydrogen-bond donors (Lipinski definition) is 1. The summed E-state index contributed by atoms with van der Waals surface area (Å²) < 4.78 is 17.7.